The molecule has 0 saturated carbocycles. The Balaban J connectivity index is 1.56. The van der Waals surface area contributed by atoms with Crippen LogP contribution in [0.4, 0.5) is 11.4 Å². The molecule has 3 aromatic rings. The van der Waals surface area contributed by atoms with Crippen LogP contribution < -0.4 is 15.5 Å². The molecule has 2 aliphatic heterocycles. The zero-order valence-corrected chi connectivity index (χ0v) is 22.0. The molecule has 10 heteroatoms. The Bertz CT molecular complexity index is 1400. The van der Waals surface area contributed by atoms with Crippen molar-refractivity contribution in [1.82, 2.24) is 9.78 Å². The van der Waals surface area contributed by atoms with Gasteiger partial charge in [-0.2, -0.15) is 5.10 Å². The molecule has 3 amide bonds. The van der Waals surface area contributed by atoms with Crippen molar-refractivity contribution in [3.8, 4) is 5.69 Å². The maximum Gasteiger partial charge on any atom is 0.277 e. The maximum atomic E-state index is 13.9. The van der Waals surface area contributed by atoms with Crippen molar-refractivity contribution >= 4 is 52.6 Å². The minimum absolute atomic E-state index is 0.126. The summed E-state index contributed by atoms with van der Waals surface area (Å²) in [4.78, 5) is 44.0. The number of primary amides is 1. The zero-order valence-electron chi connectivity index (χ0n) is 20.4. The minimum atomic E-state index is -0.645. The molecule has 2 N–H and O–H groups in total. The number of nitrogens with two attached hydrogens (primary N) is 1. The molecule has 2 aromatic carbocycles. The highest BCUT2D eigenvalue weighted by Crippen LogP contribution is 2.35. The molecule has 2 aliphatic rings. The Hall–Kier alpha value is -3.24. The number of rotatable bonds is 6. The topological polar surface area (TPSA) is 102 Å². The fraction of sp³-hybridized carbons (Fsp3) is 0.308. The number of aryl methyl sites for hydroxylation is 1. The van der Waals surface area contributed by atoms with Gasteiger partial charge in [-0.1, -0.05) is 0 Å². The summed E-state index contributed by atoms with van der Waals surface area (Å²) in [5.74, 6) is -0.752. The van der Waals surface area contributed by atoms with Crippen LogP contribution in [0, 0.1) is 6.92 Å². The summed E-state index contributed by atoms with van der Waals surface area (Å²) in [6.07, 6.45) is 5.90. The number of fused-ring (bicyclic) bond motifs is 1. The van der Waals surface area contributed by atoms with E-state index in [9.17, 15) is 14.4 Å². The van der Waals surface area contributed by atoms with Crippen LogP contribution in [-0.2, 0) is 11.2 Å². The molecule has 1 fully saturated rings. The molecule has 8 nitrogen and oxygen atoms in total. The predicted molar refractivity (Wildman–Crippen MR) is 144 cm³/mol. The van der Waals surface area contributed by atoms with Gasteiger partial charge >= 0.3 is 0 Å². The zero-order chi connectivity index (χ0) is 25.6. The van der Waals surface area contributed by atoms with Crippen molar-refractivity contribution in [3.63, 3.8) is 0 Å². The smallest absolute Gasteiger partial charge is 0.277 e. The first kappa shape index (κ1) is 24.5. The van der Waals surface area contributed by atoms with Gasteiger partial charge in [-0.25, -0.2) is 4.68 Å². The average Bonchev–Trinajstić information content (AvgIpc) is 3.48. The number of thioether (sulfide) groups is 2. The van der Waals surface area contributed by atoms with Crippen molar-refractivity contribution in [2.75, 3.05) is 35.4 Å². The number of carbonyl (C=O) groups is 3. The van der Waals surface area contributed by atoms with Crippen molar-refractivity contribution in [2.24, 2.45) is 5.73 Å². The number of nitrogens with zero attached hydrogens (tertiary/aromatic N) is 4. The van der Waals surface area contributed by atoms with Gasteiger partial charge in [0, 0.05) is 46.2 Å². The molecule has 1 saturated heterocycles. The van der Waals surface area contributed by atoms with E-state index in [-0.39, 0.29) is 17.5 Å². The number of aromatic nitrogens is 2. The Morgan fingerprint density at radius 3 is 2.33 bits per heavy atom. The number of hydrogen-bond donors (Lipinski definition) is 1. The van der Waals surface area contributed by atoms with Crippen LogP contribution in [0.3, 0.4) is 0 Å². The van der Waals surface area contributed by atoms with Crippen LogP contribution in [0.5, 0.6) is 0 Å². The standard InChI is InChI=1S/C26H27N5O3S2/c1-15-13-16(29-11-4-5-22(29)32)6-8-19(15)30-12-10-18-23(25(27)33)28-31(24(18)26(30)34)17-7-9-20(35-2)21(14-17)36-3/h6-9,13-14H,4-5,10-12H2,1-3H3,(H2,27,33). The molecule has 5 rings (SSSR count). The van der Waals surface area contributed by atoms with E-state index in [1.807, 2.05) is 55.8 Å². The SMILES string of the molecule is CSc1ccc(-n2nc(C(N)=O)c3c2C(=O)N(c2ccc(N4CCCC4=O)cc2C)CC3)cc1SC. The number of anilines is 2. The summed E-state index contributed by atoms with van der Waals surface area (Å²) in [6, 6.07) is 11.6. The van der Waals surface area contributed by atoms with E-state index in [4.69, 9.17) is 5.73 Å². The summed E-state index contributed by atoms with van der Waals surface area (Å²) in [5, 5.41) is 4.50. The van der Waals surface area contributed by atoms with Crippen LogP contribution in [0.25, 0.3) is 5.69 Å². The summed E-state index contributed by atoms with van der Waals surface area (Å²) >= 11 is 3.26. The monoisotopic (exact) mass is 521 g/mol. The van der Waals surface area contributed by atoms with Crippen molar-refractivity contribution in [2.45, 2.75) is 36.0 Å². The van der Waals surface area contributed by atoms with E-state index < -0.39 is 5.91 Å². The van der Waals surface area contributed by atoms with Gasteiger partial charge in [0.1, 0.15) is 5.69 Å². The minimum Gasteiger partial charge on any atom is -0.364 e. The molecule has 0 atom stereocenters. The third-order valence-electron chi connectivity index (χ3n) is 6.72. The van der Waals surface area contributed by atoms with Gasteiger partial charge in [0.2, 0.25) is 5.91 Å². The lowest BCUT2D eigenvalue weighted by molar-refractivity contribution is -0.117. The van der Waals surface area contributed by atoms with Crippen LogP contribution in [0.15, 0.2) is 46.2 Å². The van der Waals surface area contributed by atoms with Gasteiger partial charge in [0.25, 0.3) is 11.8 Å². The Morgan fingerprint density at radius 2 is 1.69 bits per heavy atom. The Kier molecular flexibility index (Phi) is 6.57. The molecule has 36 heavy (non-hydrogen) atoms. The lowest BCUT2D eigenvalue weighted by Crippen LogP contribution is -2.39. The largest absolute Gasteiger partial charge is 0.364 e. The lowest BCUT2D eigenvalue weighted by Gasteiger charge is -2.29. The first-order valence-corrected chi connectivity index (χ1v) is 14.2. The van der Waals surface area contributed by atoms with Gasteiger partial charge in [-0.15, -0.1) is 23.5 Å². The second-order valence-electron chi connectivity index (χ2n) is 8.82. The van der Waals surface area contributed by atoms with Crippen LogP contribution in [0.2, 0.25) is 0 Å². The van der Waals surface area contributed by atoms with E-state index in [2.05, 4.69) is 5.10 Å². The third kappa shape index (κ3) is 4.08. The van der Waals surface area contributed by atoms with Crippen molar-refractivity contribution in [3.05, 3.63) is 58.9 Å². The predicted octanol–water partition coefficient (Wildman–Crippen LogP) is 4.05. The molecule has 0 unspecified atom stereocenters. The van der Waals surface area contributed by atoms with Crippen LogP contribution >= 0.6 is 23.5 Å². The molecule has 1 aromatic heterocycles. The summed E-state index contributed by atoms with van der Waals surface area (Å²) < 4.78 is 1.56. The van der Waals surface area contributed by atoms with Crippen LogP contribution in [0.1, 0.15) is 44.9 Å². The second kappa shape index (κ2) is 9.67. The highest BCUT2D eigenvalue weighted by Gasteiger charge is 2.35. The highest BCUT2D eigenvalue weighted by atomic mass is 32.2. The molecule has 186 valence electrons. The number of hydrogen-bond acceptors (Lipinski definition) is 6. The van der Waals surface area contributed by atoms with Gasteiger partial charge in [-0.05, 0) is 74.2 Å². The number of benzene rings is 2. The normalized spacial score (nSPS) is 15.5. The van der Waals surface area contributed by atoms with Gasteiger partial charge < -0.3 is 15.5 Å². The average molecular weight is 522 g/mol. The maximum absolute atomic E-state index is 13.9. The second-order valence-corrected chi connectivity index (χ2v) is 10.5. The highest BCUT2D eigenvalue weighted by molar-refractivity contribution is 8.01. The molecule has 0 spiro atoms. The molecule has 0 bridgehead atoms. The quantitative estimate of drug-likeness (QED) is 0.491. The van der Waals surface area contributed by atoms with E-state index in [1.165, 1.54) is 0 Å². The summed E-state index contributed by atoms with van der Waals surface area (Å²) in [5.41, 5.74) is 9.96. The third-order valence-corrected chi connectivity index (χ3v) is 8.42. The molecule has 0 aliphatic carbocycles. The van der Waals surface area contributed by atoms with E-state index >= 15 is 0 Å². The molecule has 0 radical (unpaired) electrons. The van der Waals surface area contributed by atoms with Gasteiger partial charge in [-0.3, -0.25) is 14.4 Å². The van der Waals surface area contributed by atoms with Crippen molar-refractivity contribution < 1.29 is 14.4 Å². The van der Waals surface area contributed by atoms with E-state index in [1.54, 1.807) is 38.0 Å². The van der Waals surface area contributed by atoms with Gasteiger partial charge in [0.05, 0.1) is 5.69 Å². The summed E-state index contributed by atoms with van der Waals surface area (Å²) in [6.45, 7) is 3.06. The molecule has 3 heterocycles. The Labute approximate surface area is 218 Å². The first-order chi connectivity index (χ1) is 17.3. The number of carbonyl (C=O) groups excluding carboxylic acids is 3. The van der Waals surface area contributed by atoms with E-state index in [0.717, 1.165) is 33.2 Å². The van der Waals surface area contributed by atoms with E-state index in [0.29, 0.717) is 42.9 Å². The lowest BCUT2D eigenvalue weighted by atomic mass is 10.0. The van der Waals surface area contributed by atoms with Crippen LogP contribution in [-0.4, -0.2) is 53.1 Å². The first-order valence-electron chi connectivity index (χ1n) is 11.7. The molecular weight excluding hydrogens is 494 g/mol. The van der Waals surface area contributed by atoms with Crippen molar-refractivity contribution in [1.29, 1.82) is 0 Å². The molecular formula is C26H27N5O3S2. The fourth-order valence-corrected chi connectivity index (χ4v) is 6.43. The Morgan fingerprint density at radius 1 is 0.944 bits per heavy atom. The number of amides is 3. The fourth-order valence-electron chi connectivity index (χ4n) is 4.96. The summed E-state index contributed by atoms with van der Waals surface area (Å²) in [7, 11) is 0. The van der Waals surface area contributed by atoms with Gasteiger partial charge in [0.15, 0.2) is 5.69 Å².